The van der Waals surface area contributed by atoms with Crippen molar-refractivity contribution in [1.82, 2.24) is 5.32 Å². The van der Waals surface area contributed by atoms with Crippen molar-refractivity contribution in [3.05, 3.63) is 106 Å². The highest BCUT2D eigenvalue weighted by atomic mass is 32.1. The number of carbonyl (C=O) groups excluding carboxylic acids is 1. The maximum Gasteiger partial charge on any atom is 0.252 e. The van der Waals surface area contributed by atoms with Gasteiger partial charge in [-0.1, -0.05) is 66.7 Å². The van der Waals surface area contributed by atoms with Gasteiger partial charge in [0.15, 0.2) is 0 Å². The van der Waals surface area contributed by atoms with Crippen LogP contribution in [0.15, 0.2) is 90.3 Å². The molecule has 0 bridgehead atoms. The Morgan fingerprint density at radius 2 is 1.56 bits per heavy atom. The van der Waals surface area contributed by atoms with Gasteiger partial charge >= 0.3 is 0 Å². The van der Waals surface area contributed by atoms with Gasteiger partial charge in [0, 0.05) is 10.4 Å². The van der Waals surface area contributed by atoms with Crippen LogP contribution in [0.4, 0.5) is 0 Å². The SMILES string of the molecule is O=C(N[C@H](c1ccccc1)c1cccs1)c1ccc2ccccc2c1. The average Bonchev–Trinajstić information content (AvgIpc) is 3.20. The number of fused-ring (bicyclic) bond motifs is 1. The molecule has 0 saturated carbocycles. The zero-order valence-corrected chi connectivity index (χ0v) is 14.4. The second kappa shape index (κ2) is 6.91. The molecule has 0 spiro atoms. The molecule has 2 nitrogen and oxygen atoms in total. The van der Waals surface area contributed by atoms with Crippen LogP contribution in [0.25, 0.3) is 10.8 Å². The molecule has 0 radical (unpaired) electrons. The number of thiophene rings is 1. The molecule has 1 N–H and O–H groups in total. The van der Waals surface area contributed by atoms with Gasteiger partial charge in [-0.15, -0.1) is 11.3 Å². The summed E-state index contributed by atoms with van der Waals surface area (Å²) >= 11 is 1.65. The summed E-state index contributed by atoms with van der Waals surface area (Å²) in [7, 11) is 0. The smallest absolute Gasteiger partial charge is 0.252 e. The van der Waals surface area contributed by atoms with Crippen LogP contribution in [-0.4, -0.2) is 5.91 Å². The molecule has 1 heterocycles. The molecule has 0 fully saturated rings. The van der Waals surface area contributed by atoms with E-state index in [0.29, 0.717) is 5.56 Å². The summed E-state index contributed by atoms with van der Waals surface area (Å²) in [6.07, 6.45) is 0. The lowest BCUT2D eigenvalue weighted by molar-refractivity contribution is 0.0943. The number of benzene rings is 3. The van der Waals surface area contributed by atoms with Gasteiger partial charge in [0.2, 0.25) is 0 Å². The second-order valence-electron chi connectivity index (χ2n) is 5.89. The second-order valence-corrected chi connectivity index (χ2v) is 6.87. The van der Waals surface area contributed by atoms with Gasteiger partial charge in [0.1, 0.15) is 0 Å². The van der Waals surface area contributed by atoms with Crippen molar-refractivity contribution >= 4 is 28.0 Å². The minimum atomic E-state index is -0.139. The first-order valence-corrected chi connectivity index (χ1v) is 9.07. The van der Waals surface area contributed by atoms with Crippen LogP contribution in [-0.2, 0) is 0 Å². The van der Waals surface area contributed by atoms with Crippen LogP contribution in [0.5, 0.6) is 0 Å². The Kier molecular flexibility index (Phi) is 4.32. The summed E-state index contributed by atoms with van der Waals surface area (Å²) in [6, 6.07) is 27.9. The first-order valence-electron chi connectivity index (χ1n) is 8.19. The quantitative estimate of drug-likeness (QED) is 0.526. The summed E-state index contributed by atoms with van der Waals surface area (Å²) in [5.74, 6) is -0.0620. The van der Waals surface area contributed by atoms with E-state index in [9.17, 15) is 4.79 Å². The fourth-order valence-electron chi connectivity index (χ4n) is 2.96. The van der Waals surface area contributed by atoms with Crippen LogP contribution in [0.2, 0.25) is 0 Å². The lowest BCUT2D eigenvalue weighted by Gasteiger charge is -2.18. The van der Waals surface area contributed by atoms with Crippen molar-refractivity contribution < 1.29 is 4.79 Å². The van der Waals surface area contributed by atoms with E-state index in [2.05, 4.69) is 17.4 Å². The van der Waals surface area contributed by atoms with E-state index < -0.39 is 0 Å². The highest BCUT2D eigenvalue weighted by Crippen LogP contribution is 2.26. The Labute approximate surface area is 150 Å². The first-order chi connectivity index (χ1) is 12.3. The Morgan fingerprint density at radius 1 is 0.800 bits per heavy atom. The summed E-state index contributed by atoms with van der Waals surface area (Å²) < 4.78 is 0. The molecule has 0 aliphatic rings. The summed E-state index contributed by atoms with van der Waals surface area (Å²) in [4.78, 5) is 14.0. The predicted octanol–water partition coefficient (Wildman–Crippen LogP) is 5.42. The highest BCUT2D eigenvalue weighted by molar-refractivity contribution is 7.10. The minimum absolute atomic E-state index is 0.0620. The molecule has 122 valence electrons. The molecule has 0 aliphatic carbocycles. The van der Waals surface area contributed by atoms with E-state index in [1.165, 1.54) is 0 Å². The Hall–Kier alpha value is -2.91. The number of hydrogen-bond acceptors (Lipinski definition) is 2. The molecular weight excluding hydrogens is 326 g/mol. The fourth-order valence-corrected chi connectivity index (χ4v) is 3.77. The minimum Gasteiger partial charge on any atom is -0.340 e. The average molecular weight is 343 g/mol. The maximum atomic E-state index is 12.9. The third-order valence-corrected chi connectivity index (χ3v) is 5.18. The van der Waals surface area contributed by atoms with E-state index in [1.54, 1.807) is 11.3 Å². The molecule has 0 unspecified atom stereocenters. The van der Waals surface area contributed by atoms with Gasteiger partial charge in [-0.05, 0) is 39.9 Å². The molecule has 1 aromatic heterocycles. The number of hydrogen-bond donors (Lipinski definition) is 1. The van der Waals surface area contributed by atoms with Crippen molar-refractivity contribution in [2.45, 2.75) is 6.04 Å². The Morgan fingerprint density at radius 3 is 2.32 bits per heavy atom. The van der Waals surface area contributed by atoms with Gasteiger partial charge in [-0.2, -0.15) is 0 Å². The lowest BCUT2D eigenvalue weighted by Crippen LogP contribution is -2.28. The summed E-state index contributed by atoms with van der Waals surface area (Å²) in [6.45, 7) is 0. The van der Waals surface area contributed by atoms with Crippen molar-refractivity contribution in [3.8, 4) is 0 Å². The number of nitrogens with one attached hydrogen (secondary N) is 1. The van der Waals surface area contributed by atoms with Gasteiger partial charge < -0.3 is 5.32 Å². The zero-order valence-electron chi connectivity index (χ0n) is 13.6. The summed E-state index contributed by atoms with van der Waals surface area (Å²) in [5.41, 5.74) is 1.76. The topological polar surface area (TPSA) is 29.1 Å². The molecule has 4 rings (SSSR count). The zero-order chi connectivity index (χ0) is 17.1. The van der Waals surface area contributed by atoms with Gasteiger partial charge in [0.25, 0.3) is 5.91 Å². The molecule has 0 saturated heterocycles. The number of rotatable bonds is 4. The lowest BCUT2D eigenvalue weighted by atomic mass is 10.0. The van der Waals surface area contributed by atoms with Crippen molar-refractivity contribution in [2.24, 2.45) is 0 Å². The van der Waals surface area contributed by atoms with E-state index in [1.807, 2.05) is 78.2 Å². The maximum absolute atomic E-state index is 12.9. The van der Waals surface area contributed by atoms with E-state index in [-0.39, 0.29) is 11.9 Å². The standard InChI is InChI=1S/C22H17NOS/c24-22(19-13-12-16-7-4-5-10-18(16)15-19)23-21(20-11-6-14-25-20)17-8-2-1-3-9-17/h1-15,21H,(H,23,24)/t21-/m1/s1. The van der Waals surface area contributed by atoms with E-state index in [0.717, 1.165) is 21.2 Å². The Bertz CT molecular complexity index is 993. The van der Waals surface area contributed by atoms with Crippen molar-refractivity contribution in [3.63, 3.8) is 0 Å². The molecule has 0 aliphatic heterocycles. The van der Waals surface area contributed by atoms with Crippen LogP contribution < -0.4 is 5.32 Å². The van der Waals surface area contributed by atoms with Gasteiger partial charge in [0.05, 0.1) is 6.04 Å². The first kappa shape index (κ1) is 15.6. The molecule has 3 aromatic carbocycles. The van der Waals surface area contributed by atoms with Crippen LogP contribution in [0.1, 0.15) is 26.8 Å². The van der Waals surface area contributed by atoms with Crippen molar-refractivity contribution in [1.29, 1.82) is 0 Å². The third-order valence-electron chi connectivity index (χ3n) is 4.25. The fraction of sp³-hybridized carbons (Fsp3) is 0.0455. The van der Waals surface area contributed by atoms with E-state index in [4.69, 9.17) is 0 Å². The normalized spacial score (nSPS) is 12.0. The third kappa shape index (κ3) is 3.32. The van der Waals surface area contributed by atoms with Gasteiger partial charge in [-0.25, -0.2) is 0 Å². The van der Waals surface area contributed by atoms with Gasteiger partial charge in [-0.3, -0.25) is 4.79 Å². The predicted molar refractivity (Wildman–Crippen MR) is 104 cm³/mol. The molecule has 3 heteroatoms. The highest BCUT2D eigenvalue weighted by Gasteiger charge is 2.18. The van der Waals surface area contributed by atoms with E-state index >= 15 is 0 Å². The van der Waals surface area contributed by atoms with Crippen molar-refractivity contribution in [2.75, 3.05) is 0 Å². The largest absolute Gasteiger partial charge is 0.340 e. The molecule has 25 heavy (non-hydrogen) atoms. The number of amides is 1. The summed E-state index contributed by atoms with van der Waals surface area (Å²) in [5, 5.41) is 7.43. The molecule has 1 amide bonds. The molecule has 4 aromatic rings. The number of carbonyl (C=O) groups is 1. The molecular formula is C22H17NOS. The Balaban J connectivity index is 1.66. The monoisotopic (exact) mass is 343 g/mol. The molecule has 1 atom stereocenters. The van der Waals surface area contributed by atoms with Crippen LogP contribution >= 0.6 is 11.3 Å². The van der Waals surface area contributed by atoms with Crippen LogP contribution in [0, 0.1) is 0 Å². The van der Waals surface area contributed by atoms with Crippen LogP contribution in [0.3, 0.4) is 0 Å².